The van der Waals surface area contributed by atoms with Crippen molar-refractivity contribution in [3.05, 3.63) is 29.8 Å². The molecule has 2 unspecified atom stereocenters. The average molecular weight is 290 g/mol. The number of hydrogen-bond donors (Lipinski definition) is 1. The summed E-state index contributed by atoms with van der Waals surface area (Å²) in [7, 11) is 0. The van der Waals surface area contributed by atoms with Crippen molar-refractivity contribution in [2.24, 2.45) is 0 Å². The predicted molar refractivity (Wildman–Crippen MR) is 85.9 cm³/mol. The number of ether oxygens (including phenoxy) is 1. The number of amides is 1. The topological polar surface area (TPSA) is 41.6 Å². The van der Waals surface area contributed by atoms with Crippen LogP contribution in [0.5, 0.6) is 0 Å². The Morgan fingerprint density at radius 2 is 1.86 bits per heavy atom. The quantitative estimate of drug-likeness (QED) is 0.910. The molecule has 0 saturated carbocycles. The molecule has 1 aromatic carbocycles. The molecule has 1 N–H and O–H groups in total. The van der Waals surface area contributed by atoms with E-state index in [-0.39, 0.29) is 23.7 Å². The van der Waals surface area contributed by atoms with Crippen LogP contribution in [0.25, 0.3) is 0 Å². The third-order valence-electron chi connectivity index (χ3n) is 3.38. The SMILES string of the molecule is CC1CN(c2cccc(C(=O)NC(C)(C)C)c2)CC(C)O1. The Balaban J connectivity index is 2.16. The van der Waals surface area contributed by atoms with Gasteiger partial charge in [-0.2, -0.15) is 0 Å². The molecule has 4 heteroatoms. The van der Waals surface area contributed by atoms with Crippen LogP contribution in [0.2, 0.25) is 0 Å². The van der Waals surface area contributed by atoms with E-state index in [4.69, 9.17) is 4.74 Å². The van der Waals surface area contributed by atoms with Crippen molar-refractivity contribution in [3.63, 3.8) is 0 Å². The minimum absolute atomic E-state index is 0.0290. The van der Waals surface area contributed by atoms with Crippen LogP contribution in [0.15, 0.2) is 24.3 Å². The van der Waals surface area contributed by atoms with Gasteiger partial charge in [-0.3, -0.25) is 4.79 Å². The van der Waals surface area contributed by atoms with Gasteiger partial charge in [0.1, 0.15) is 0 Å². The summed E-state index contributed by atoms with van der Waals surface area (Å²) in [5, 5.41) is 3.00. The van der Waals surface area contributed by atoms with Crippen LogP contribution in [0.3, 0.4) is 0 Å². The number of morpholine rings is 1. The van der Waals surface area contributed by atoms with Gasteiger partial charge in [0.15, 0.2) is 0 Å². The van der Waals surface area contributed by atoms with Gasteiger partial charge >= 0.3 is 0 Å². The van der Waals surface area contributed by atoms with Gasteiger partial charge < -0.3 is 15.0 Å². The number of rotatable bonds is 2. The lowest BCUT2D eigenvalue weighted by Gasteiger charge is -2.37. The lowest BCUT2D eigenvalue weighted by molar-refractivity contribution is -0.00521. The molecule has 1 aliphatic rings. The molecule has 0 radical (unpaired) electrons. The second-order valence-electron chi connectivity index (χ2n) is 6.92. The van der Waals surface area contributed by atoms with E-state index in [0.717, 1.165) is 18.8 Å². The first kappa shape index (κ1) is 15.8. The van der Waals surface area contributed by atoms with E-state index in [1.54, 1.807) is 0 Å². The van der Waals surface area contributed by atoms with Crippen molar-refractivity contribution in [3.8, 4) is 0 Å². The molecule has 2 rings (SSSR count). The van der Waals surface area contributed by atoms with Crippen molar-refractivity contribution in [2.45, 2.75) is 52.4 Å². The second kappa shape index (κ2) is 6.06. The molecule has 21 heavy (non-hydrogen) atoms. The summed E-state index contributed by atoms with van der Waals surface area (Å²) in [4.78, 5) is 14.6. The Morgan fingerprint density at radius 3 is 2.43 bits per heavy atom. The van der Waals surface area contributed by atoms with E-state index in [1.165, 1.54) is 0 Å². The lowest BCUT2D eigenvalue weighted by atomic mass is 10.1. The van der Waals surface area contributed by atoms with Crippen molar-refractivity contribution >= 4 is 11.6 Å². The van der Waals surface area contributed by atoms with Gasteiger partial charge in [0.25, 0.3) is 5.91 Å². The zero-order valence-corrected chi connectivity index (χ0v) is 13.6. The first-order chi connectivity index (χ1) is 9.74. The Kier molecular flexibility index (Phi) is 4.57. The molecule has 1 saturated heterocycles. The first-order valence-electron chi connectivity index (χ1n) is 7.57. The molecule has 4 nitrogen and oxygen atoms in total. The van der Waals surface area contributed by atoms with E-state index in [0.29, 0.717) is 5.56 Å². The summed E-state index contributed by atoms with van der Waals surface area (Å²) < 4.78 is 5.76. The highest BCUT2D eigenvalue weighted by Gasteiger charge is 2.23. The van der Waals surface area contributed by atoms with Crippen LogP contribution in [0.1, 0.15) is 45.0 Å². The van der Waals surface area contributed by atoms with Gasteiger partial charge in [-0.1, -0.05) is 6.07 Å². The van der Waals surface area contributed by atoms with E-state index in [9.17, 15) is 4.79 Å². The van der Waals surface area contributed by atoms with Gasteiger partial charge in [-0.05, 0) is 52.8 Å². The van der Waals surface area contributed by atoms with Gasteiger partial charge in [-0.25, -0.2) is 0 Å². The number of benzene rings is 1. The largest absolute Gasteiger partial charge is 0.372 e. The summed E-state index contributed by atoms with van der Waals surface area (Å²) >= 11 is 0. The van der Waals surface area contributed by atoms with Crippen LogP contribution in [-0.4, -0.2) is 36.7 Å². The highest BCUT2D eigenvalue weighted by Crippen LogP contribution is 2.21. The van der Waals surface area contributed by atoms with Crippen molar-refractivity contribution in [2.75, 3.05) is 18.0 Å². The molecule has 1 aromatic rings. The molecule has 1 amide bonds. The molecule has 0 bridgehead atoms. The van der Waals surface area contributed by atoms with Crippen LogP contribution < -0.4 is 10.2 Å². The summed E-state index contributed by atoms with van der Waals surface area (Å²) in [6, 6.07) is 7.82. The maximum absolute atomic E-state index is 12.3. The normalized spacial score (nSPS) is 23.0. The molecule has 1 fully saturated rings. The maximum Gasteiger partial charge on any atom is 0.251 e. The zero-order valence-electron chi connectivity index (χ0n) is 13.6. The molecule has 0 aliphatic carbocycles. The Morgan fingerprint density at radius 1 is 1.24 bits per heavy atom. The minimum Gasteiger partial charge on any atom is -0.372 e. The van der Waals surface area contributed by atoms with E-state index >= 15 is 0 Å². The molecule has 2 atom stereocenters. The van der Waals surface area contributed by atoms with Crippen LogP contribution in [0, 0.1) is 0 Å². The predicted octanol–water partition coefficient (Wildman–Crippen LogP) is 2.83. The van der Waals surface area contributed by atoms with Gasteiger partial charge in [0.2, 0.25) is 0 Å². The van der Waals surface area contributed by atoms with Gasteiger partial charge in [0, 0.05) is 29.9 Å². The van der Waals surface area contributed by atoms with Crippen molar-refractivity contribution < 1.29 is 9.53 Å². The fraction of sp³-hybridized carbons (Fsp3) is 0.588. The Bertz CT molecular complexity index is 498. The zero-order chi connectivity index (χ0) is 15.6. The molecular weight excluding hydrogens is 264 g/mol. The third kappa shape index (κ3) is 4.46. The second-order valence-corrected chi connectivity index (χ2v) is 6.92. The smallest absolute Gasteiger partial charge is 0.251 e. The third-order valence-corrected chi connectivity index (χ3v) is 3.38. The molecular formula is C17H26N2O2. The Labute approximate surface area is 127 Å². The van der Waals surface area contributed by atoms with Crippen molar-refractivity contribution in [1.29, 1.82) is 0 Å². The maximum atomic E-state index is 12.3. The molecule has 1 heterocycles. The average Bonchev–Trinajstić information content (AvgIpc) is 2.36. The highest BCUT2D eigenvalue weighted by atomic mass is 16.5. The van der Waals surface area contributed by atoms with Gasteiger partial charge in [0.05, 0.1) is 12.2 Å². The molecule has 0 aromatic heterocycles. The first-order valence-corrected chi connectivity index (χ1v) is 7.57. The number of nitrogens with one attached hydrogen (secondary N) is 1. The van der Waals surface area contributed by atoms with Crippen LogP contribution in [-0.2, 0) is 4.74 Å². The summed E-state index contributed by atoms with van der Waals surface area (Å²) in [6.07, 6.45) is 0.418. The highest BCUT2D eigenvalue weighted by molar-refractivity contribution is 5.95. The standard InChI is InChI=1S/C17H26N2O2/c1-12-10-19(11-13(2)21-12)15-8-6-7-14(9-15)16(20)18-17(3,4)5/h6-9,12-13H,10-11H2,1-5H3,(H,18,20). The number of carbonyl (C=O) groups is 1. The van der Waals surface area contributed by atoms with E-state index < -0.39 is 0 Å². The number of nitrogens with zero attached hydrogens (tertiary/aromatic N) is 1. The number of anilines is 1. The fourth-order valence-electron chi connectivity index (χ4n) is 2.65. The lowest BCUT2D eigenvalue weighted by Crippen LogP contribution is -2.45. The monoisotopic (exact) mass is 290 g/mol. The summed E-state index contributed by atoms with van der Waals surface area (Å²) in [5.41, 5.74) is 1.56. The summed E-state index contributed by atoms with van der Waals surface area (Å²) in [6.45, 7) is 11.8. The Hall–Kier alpha value is -1.55. The van der Waals surface area contributed by atoms with Crippen molar-refractivity contribution in [1.82, 2.24) is 5.32 Å². The molecule has 1 aliphatic heterocycles. The van der Waals surface area contributed by atoms with E-state index in [1.807, 2.05) is 39.0 Å². The van der Waals surface area contributed by atoms with Crippen LogP contribution >= 0.6 is 0 Å². The minimum atomic E-state index is -0.227. The fourth-order valence-corrected chi connectivity index (χ4v) is 2.65. The molecule has 0 spiro atoms. The number of hydrogen-bond acceptors (Lipinski definition) is 3. The van der Waals surface area contributed by atoms with E-state index in [2.05, 4.69) is 30.1 Å². The number of carbonyl (C=O) groups excluding carboxylic acids is 1. The van der Waals surface area contributed by atoms with Gasteiger partial charge in [-0.15, -0.1) is 0 Å². The van der Waals surface area contributed by atoms with Crippen LogP contribution in [0.4, 0.5) is 5.69 Å². The summed E-state index contributed by atoms with van der Waals surface area (Å²) in [5.74, 6) is -0.0290. The molecule has 116 valence electrons.